The Morgan fingerprint density at radius 3 is 3.12 bits per heavy atom. The molecule has 7 nitrogen and oxygen atoms in total. The van der Waals surface area contributed by atoms with E-state index in [4.69, 9.17) is 4.74 Å². The molecule has 0 bridgehead atoms. The molecular formula is C9H11N5O2. The summed E-state index contributed by atoms with van der Waals surface area (Å²) in [7, 11) is 1.43. The Hall–Kier alpha value is -2.31. The molecule has 0 unspecified atom stereocenters. The van der Waals surface area contributed by atoms with Crippen LogP contribution in [0.2, 0.25) is 0 Å². The van der Waals surface area contributed by atoms with E-state index in [2.05, 4.69) is 25.5 Å². The quantitative estimate of drug-likeness (QED) is 0.681. The molecule has 0 fully saturated rings. The number of hydrogen-bond donors (Lipinski definition) is 3. The average Bonchev–Trinajstić information content (AvgIpc) is 2.79. The van der Waals surface area contributed by atoms with E-state index in [1.165, 1.54) is 13.4 Å². The Morgan fingerprint density at radius 1 is 1.56 bits per heavy atom. The van der Waals surface area contributed by atoms with Gasteiger partial charge in [-0.05, 0) is 0 Å². The van der Waals surface area contributed by atoms with Gasteiger partial charge in [-0.1, -0.05) is 0 Å². The van der Waals surface area contributed by atoms with Gasteiger partial charge in [0.05, 0.1) is 19.6 Å². The van der Waals surface area contributed by atoms with E-state index in [0.29, 0.717) is 12.4 Å². The summed E-state index contributed by atoms with van der Waals surface area (Å²) < 4.78 is 4.95. The van der Waals surface area contributed by atoms with E-state index in [1.54, 1.807) is 12.4 Å². The monoisotopic (exact) mass is 221 g/mol. The maximum atomic E-state index is 11.4. The van der Waals surface area contributed by atoms with E-state index in [-0.39, 0.29) is 11.3 Å². The van der Waals surface area contributed by atoms with Crippen molar-refractivity contribution in [3.05, 3.63) is 34.6 Å². The van der Waals surface area contributed by atoms with E-state index in [0.717, 1.165) is 5.56 Å². The lowest BCUT2D eigenvalue weighted by atomic mass is 10.3. The number of methoxy groups -OCH3 is 1. The smallest absolute Gasteiger partial charge is 0.295 e. The van der Waals surface area contributed by atoms with Crippen LogP contribution in [0, 0.1) is 0 Å². The van der Waals surface area contributed by atoms with Crippen LogP contribution >= 0.6 is 0 Å². The molecule has 2 rings (SSSR count). The van der Waals surface area contributed by atoms with Crippen LogP contribution in [0.4, 0.5) is 5.82 Å². The minimum absolute atomic E-state index is 0.172. The molecule has 2 heterocycles. The molecule has 0 aromatic carbocycles. The standard InChI is InChI=1S/C9H11N5O2/c1-16-7-8(11-5-12-9(7)15)10-2-6-3-13-14-4-6/h3-5H,2H2,1H3,(H,13,14)(H2,10,11,12,15). The lowest BCUT2D eigenvalue weighted by Crippen LogP contribution is -2.13. The highest BCUT2D eigenvalue weighted by atomic mass is 16.5. The minimum Gasteiger partial charge on any atom is -0.489 e. The molecule has 84 valence electrons. The fourth-order valence-electron chi connectivity index (χ4n) is 1.26. The number of aromatic nitrogens is 4. The zero-order valence-electron chi connectivity index (χ0n) is 8.65. The van der Waals surface area contributed by atoms with E-state index >= 15 is 0 Å². The second-order valence-electron chi connectivity index (χ2n) is 3.07. The Morgan fingerprint density at radius 2 is 2.44 bits per heavy atom. The molecule has 2 aromatic rings. The van der Waals surface area contributed by atoms with Gasteiger partial charge in [0, 0.05) is 18.3 Å². The van der Waals surface area contributed by atoms with Crippen LogP contribution < -0.4 is 15.6 Å². The van der Waals surface area contributed by atoms with Crippen LogP contribution in [-0.2, 0) is 6.54 Å². The molecule has 0 aliphatic rings. The predicted octanol–water partition coefficient (Wildman–Crippen LogP) is 0.114. The molecule has 0 aliphatic heterocycles. The Bertz CT molecular complexity index is 505. The van der Waals surface area contributed by atoms with Crippen molar-refractivity contribution in [3.63, 3.8) is 0 Å². The van der Waals surface area contributed by atoms with Gasteiger partial charge in [-0.2, -0.15) is 5.10 Å². The fraction of sp³-hybridized carbons (Fsp3) is 0.222. The van der Waals surface area contributed by atoms with E-state index < -0.39 is 0 Å². The molecule has 0 amide bonds. The van der Waals surface area contributed by atoms with Crippen molar-refractivity contribution in [2.45, 2.75) is 6.54 Å². The molecule has 0 aliphatic carbocycles. The first-order chi connectivity index (χ1) is 7.81. The molecule has 16 heavy (non-hydrogen) atoms. The van der Waals surface area contributed by atoms with Crippen molar-refractivity contribution in [1.29, 1.82) is 0 Å². The first-order valence-corrected chi connectivity index (χ1v) is 4.64. The van der Waals surface area contributed by atoms with Gasteiger partial charge >= 0.3 is 0 Å². The number of aromatic amines is 2. The number of nitrogens with zero attached hydrogens (tertiary/aromatic N) is 2. The number of nitrogens with one attached hydrogen (secondary N) is 3. The Labute approximate surface area is 90.9 Å². The summed E-state index contributed by atoms with van der Waals surface area (Å²) in [6.45, 7) is 0.517. The van der Waals surface area contributed by atoms with Crippen molar-refractivity contribution in [2.24, 2.45) is 0 Å². The topological polar surface area (TPSA) is 95.7 Å². The summed E-state index contributed by atoms with van der Waals surface area (Å²) in [5, 5.41) is 9.50. The number of rotatable bonds is 4. The van der Waals surface area contributed by atoms with Gasteiger partial charge in [-0.25, -0.2) is 4.98 Å². The van der Waals surface area contributed by atoms with Gasteiger partial charge in [-0.15, -0.1) is 0 Å². The van der Waals surface area contributed by atoms with Gasteiger partial charge in [-0.3, -0.25) is 9.89 Å². The molecule has 0 saturated heterocycles. The summed E-state index contributed by atoms with van der Waals surface area (Å²) in [5.74, 6) is 0.582. The highest BCUT2D eigenvalue weighted by molar-refractivity contribution is 5.48. The van der Waals surface area contributed by atoms with Crippen LogP contribution in [0.25, 0.3) is 0 Å². The van der Waals surface area contributed by atoms with E-state index in [9.17, 15) is 4.79 Å². The van der Waals surface area contributed by atoms with Gasteiger partial charge < -0.3 is 15.0 Å². The molecule has 7 heteroatoms. The third kappa shape index (κ3) is 2.02. The third-order valence-corrected chi connectivity index (χ3v) is 2.03. The molecule has 0 radical (unpaired) electrons. The zero-order valence-corrected chi connectivity index (χ0v) is 8.65. The summed E-state index contributed by atoms with van der Waals surface area (Å²) in [6, 6.07) is 0. The number of hydrogen-bond acceptors (Lipinski definition) is 5. The van der Waals surface area contributed by atoms with Crippen LogP contribution in [0.15, 0.2) is 23.5 Å². The summed E-state index contributed by atoms with van der Waals surface area (Å²) in [4.78, 5) is 17.8. The van der Waals surface area contributed by atoms with Crippen molar-refractivity contribution in [3.8, 4) is 5.75 Å². The van der Waals surface area contributed by atoms with Crippen molar-refractivity contribution in [1.82, 2.24) is 20.2 Å². The molecular weight excluding hydrogens is 210 g/mol. The predicted molar refractivity (Wildman–Crippen MR) is 57.3 cm³/mol. The number of anilines is 1. The molecule has 0 spiro atoms. The maximum absolute atomic E-state index is 11.4. The second kappa shape index (κ2) is 4.47. The summed E-state index contributed by atoms with van der Waals surface area (Å²) in [5.41, 5.74) is 0.649. The van der Waals surface area contributed by atoms with Crippen molar-refractivity contribution in [2.75, 3.05) is 12.4 Å². The van der Waals surface area contributed by atoms with Gasteiger partial charge in [0.2, 0.25) is 5.75 Å². The average molecular weight is 221 g/mol. The zero-order chi connectivity index (χ0) is 11.4. The minimum atomic E-state index is -0.313. The van der Waals surface area contributed by atoms with Gasteiger partial charge in [0.1, 0.15) is 0 Å². The van der Waals surface area contributed by atoms with Crippen LogP contribution in [0.1, 0.15) is 5.56 Å². The van der Waals surface area contributed by atoms with Crippen molar-refractivity contribution >= 4 is 5.82 Å². The highest BCUT2D eigenvalue weighted by Gasteiger charge is 2.08. The lowest BCUT2D eigenvalue weighted by Gasteiger charge is -2.07. The van der Waals surface area contributed by atoms with Gasteiger partial charge in [0.15, 0.2) is 5.82 Å². The largest absolute Gasteiger partial charge is 0.489 e. The fourth-order valence-corrected chi connectivity index (χ4v) is 1.26. The summed E-state index contributed by atoms with van der Waals surface area (Å²) >= 11 is 0. The first kappa shape index (κ1) is 10.2. The second-order valence-corrected chi connectivity index (χ2v) is 3.07. The van der Waals surface area contributed by atoms with Gasteiger partial charge in [0.25, 0.3) is 5.56 Å². The normalized spacial score (nSPS) is 10.1. The Balaban J connectivity index is 2.15. The van der Waals surface area contributed by atoms with E-state index in [1.807, 2.05) is 0 Å². The SMILES string of the molecule is COc1c(NCc2cn[nH]c2)nc[nH]c1=O. The van der Waals surface area contributed by atoms with Crippen molar-refractivity contribution < 1.29 is 4.74 Å². The number of H-pyrrole nitrogens is 2. The van der Waals surface area contributed by atoms with Crippen LogP contribution in [0.3, 0.4) is 0 Å². The van der Waals surface area contributed by atoms with Crippen LogP contribution in [0.5, 0.6) is 5.75 Å². The summed E-state index contributed by atoms with van der Waals surface area (Å²) in [6.07, 6.45) is 4.77. The third-order valence-electron chi connectivity index (χ3n) is 2.03. The molecule has 2 aromatic heterocycles. The Kier molecular flexibility index (Phi) is 2.86. The maximum Gasteiger partial charge on any atom is 0.295 e. The molecule has 3 N–H and O–H groups in total. The lowest BCUT2D eigenvalue weighted by molar-refractivity contribution is 0.408. The number of ether oxygens (including phenoxy) is 1. The highest BCUT2D eigenvalue weighted by Crippen LogP contribution is 2.14. The first-order valence-electron chi connectivity index (χ1n) is 4.64. The van der Waals surface area contributed by atoms with Crippen LogP contribution in [-0.4, -0.2) is 27.3 Å². The molecule has 0 saturated carbocycles. The molecule has 0 atom stereocenters.